The summed E-state index contributed by atoms with van der Waals surface area (Å²) in [6.45, 7) is 5.72. The Hall–Kier alpha value is -1.06. The summed E-state index contributed by atoms with van der Waals surface area (Å²) in [5, 5.41) is 1.81. The molecule has 0 unspecified atom stereocenters. The molecule has 2 aromatic heterocycles. The molecular formula is C13H15ClN2O. The highest BCUT2D eigenvalue weighted by Crippen LogP contribution is 2.31. The van der Waals surface area contributed by atoms with Crippen molar-refractivity contribution >= 4 is 22.6 Å². The normalized spacial score (nSPS) is 15.5. The van der Waals surface area contributed by atoms with Crippen molar-refractivity contribution in [3.63, 3.8) is 0 Å². The van der Waals surface area contributed by atoms with E-state index in [1.54, 1.807) is 0 Å². The molecule has 4 heteroatoms. The number of nitrogens with one attached hydrogen (secondary N) is 1. The Balaban J connectivity index is 2.26. The van der Waals surface area contributed by atoms with Gasteiger partial charge in [-0.25, -0.2) is 4.98 Å². The number of hydrogen-bond acceptors (Lipinski definition) is 2. The van der Waals surface area contributed by atoms with Gasteiger partial charge >= 0.3 is 0 Å². The highest BCUT2D eigenvalue weighted by atomic mass is 35.5. The predicted octanol–water partition coefficient (Wildman–Crippen LogP) is 3.41. The third-order valence-corrected chi connectivity index (χ3v) is 3.63. The number of aromatic amines is 1. The van der Waals surface area contributed by atoms with Gasteiger partial charge in [0.25, 0.3) is 0 Å². The maximum absolute atomic E-state index is 6.20. The molecule has 0 spiro atoms. The van der Waals surface area contributed by atoms with Crippen molar-refractivity contribution in [3.05, 3.63) is 28.0 Å². The van der Waals surface area contributed by atoms with Crippen molar-refractivity contribution in [1.29, 1.82) is 0 Å². The predicted molar refractivity (Wildman–Crippen MR) is 68.6 cm³/mol. The molecule has 0 aromatic carbocycles. The summed E-state index contributed by atoms with van der Waals surface area (Å²) in [5.41, 5.74) is 4.50. The molecule has 0 fully saturated rings. The van der Waals surface area contributed by atoms with E-state index in [1.807, 2.05) is 0 Å². The fourth-order valence-electron chi connectivity index (χ4n) is 2.37. The molecule has 0 saturated carbocycles. The first-order valence-electron chi connectivity index (χ1n) is 5.94. The number of ether oxygens (including phenoxy) is 1. The first-order valence-corrected chi connectivity index (χ1v) is 6.32. The molecule has 0 saturated heterocycles. The number of fused-ring (bicyclic) bond motifs is 3. The van der Waals surface area contributed by atoms with E-state index >= 15 is 0 Å². The maximum Gasteiger partial charge on any atom is 0.139 e. The van der Waals surface area contributed by atoms with Crippen molar-refractivity contribution in [3.8, 4) is 0 Å². The van der Waals surface area contributed by atoms with Crippen molar-refractivity contribution < 1.29 is 4.74 Å². The highest BCUT2D eigenvalue weighted by molar-refractivity contribution is 6.30. The van der Waals surface area contributed by atoms with Gasteiger partial charge in [0.1, 0.15) is 10.8 Å². The van der Waals surface area contributed by atoms with Crippen LogP contribution in [0.3, 0.4) is 0 Å². The molecule has 0 bridgehead atoms. The molecule has 1 N–H and O–H groups in total. The smallest absolute Gasteiger partial charge is 0.139 e. The van der Waals surface area contributed by atoms with Crippen LogP contribution < -0.4 is 0 Å². The summed E-state index contributed by atoms with van der Waals surface area (Å²) in [6, 6.07) is 2.18. The average molecular weight is 251 g/mol. The van der Waals surface area contributed by atoms with Crippen molar-refractivity contribution in [2.24, 2.45) is 0 Å². The van der Waals surface area contributed by atoms with Crippen LogP contribution in [0, 0.1) is 0 Å². The van der Waals surface area contributed by atoms with Crippen LogP contribution in [-0.2, 0) is 17.8 Å². The molecule has 17 heavy (non-hydrogen) atoms. The van der Waals surface area contributed by atoms with Crippen LogP contribution in [0.15, 0.2) is 6.07 Å². The van der Waals surface area contributed by atoms with Crippen LogP contribution in [0.25, 0.3) is 11.0 Å². The van der Waals surface area contributed by atoms with E-state index in [-0.39, 0.29) is 0 Å². The molecule has 0 radical (unpaired) electrons. The summed E-state index contributed by atoms with van der Waals surface area (Å²) in [4.78, 5) is 7.76. The largest absolute Gasteiger partial charge is 0.375 e. The maximum atomic E-state index is 6.20. The number of pyridine rings is 1. The van der Waals surface area contributed by atoms with Gasteiger partial charge in [0.15, 0.2) is 0 Å². The zero-order chi connectivity index (χ0) is 12.0. The lowest BCUT2D eigenvalue weighted by atomic mass is 10.0. The lowest BCUT2D eigenvalue weighted by Crippen LogP contribution is -2.08. The second kappa shape index (κ2) is 4.00. The molecule has 0 atom stereocenters. The fraction of sp³-hybridized carbons (Fsp3) is 0.462. The third-order valence-electron chi connectivity index (χ3n) is 3.33. The van der Waals surface area contributed by atoms with Gasteiger partial charge in [-0.1, -0.05) is 25.4 Å². The Labute approximate surface area is 105 Å². The number of H-pyrrole nitrogens is 1. The summed E-state index contributed by atoms with van der Waals surface area (Å²) < 4.78 is 5.44. The fourth-order valence-corrected chi connectivity index (χ4v) is 2.73. The zero-order valence-corrected chi connectivity index (χ0v) is 10.8. The zero-order valence-electron chi connectivity index (χ0n) is 10.0. The first kappa shape index (κ1) is 11.1. The summed E-state index contributed by atoms with van der Waals surface area (Å²) in [7, 11) is 0. The van der Waals surface area contributed by atoms with Crippen LogP contribution in [0.5, 0.6) is 0 Å². The molecule has 0 amide bonds. The van der Waals surface area contributed by atoms with Gasteiger partial charge in [-0.3, -0.25) is 0 Å². The summed E-state index contributed by atoms with van der Waals surface area (Å²) in [5.74, 6) is 0.393. The first-order chi connectivity index (χ1) is 8.16. The van der Waals surface area contributed by atoms with E-state index in [0.29, 0.717) is 17.7 Å². The van der Waals surface area contributed by atoms with E-state index in [0.717, 1.165) is 29.9 Å². The van der Waals surface area contributed by atoms with Crippen LogP contribution in [-0.4, -0.2) is 16.6 Å². The second-order valence-corrected chi connectivity index (χ2v) is 5.16. The van der Waals surface area contributed by atoms with E-state index in [1.165, 1.54) is 10.9 Å². The van der Waals surface area contributed by atoms with Crippen molar-refractivity contribution in [1.82, 2.24) is 9.97 Å². The quantitative estimate of drug-likeness (QED) is 0.788. The monoisotopic (exact) mass is 250 g/mol. The molecule has 1 aliphatic rings. The average Bonchev–Trinajstić information content (AvgIpc) is 2.64. The Kier molecular flexibility index (Phi) is 2.60. The number of hydrogen-bond donors (Lipinski definition) is 1. The summed E-state index contributed by atoms with van der Waals surface area (Å²) >= 11 is 6.20. The van der Waals surface area contributed by atoms with Gasteiger partial charge < -0.3 is 9.72 Å². The molecule has 3 heterocycles. The van der Waals surface area contributed by atoms with E-state index in [9.17, 15) is 0 Å². The third kappa shape index (κ3) is 1.74. The Morgan fingerprint density at radius 2 is 2.29 bits per heavy atom. The Morgan fingerprint density at radius 1 is 1.47 bits per heavy atom. The Bertz CT molecular complexity index is 574. The number of rotatable bonds is 1. The lowest BCUT2D eigenvalue weighted by Gasteiger charge is -2.12. The van der Waals surface area contributed by atoms with E-state index in [4.69, 9.17) is 16.3 Å². The topological polar surface area (TPSA) is 37.9 Å². The minimum absolute atomic E-state index is 0.393. The number of aromatic nitrogens is 2. The van der Waals surface area contributed by atoms with Gasteiger partial charge in [-0.05, 0) is 29.5 Å². The van der Waals surface area contributed by atoms with Crippen molar-refractivity contribution in [2.45, 2.75) is 32.8 Å². The van der Waals surface area contributed by atoms with Gasteiger partial charge in [0, 0.05) is 11.1 Å². The molecular weight excluding hydrogens is 236 g/mol. The van der Waals surface area contributed by atoms with Crippen LogP contribution in [0.1, 0.15) is 36.6 Å². The standard InChI is InChI=1S/C13H15ClN2O/c1-7(2)9-5-10-8-3-4-17-6-11(8)15-13(10)16-12(9)14/h5,7H,3-4,6H2,1-2H3,(H,15,16). The molecule has 0 aliphatic carbocycles. The minimum atomic E-state index is 0.393. The van der Waals surface area contributed by atoms with Crippen LogP contribution >= 0.6 is 11.6 Å². The molecule has 2 aromatic rings. The SMILES string of the molecule is CC(C)c1cc2c3c([nH]c2nc1Cl)COCC3. The van der Waals surface area contributed by atoms with Crippen LogP contribution in [0.4, 0.5) is 0 Å². The van der Waals surface area contributed by atoms with Gasteiger partial charge in [-0.15, -0.1) is 0 Å². The van der Waals surface area contributed by atoms with Crippen LogP contribution in [0.2, 0.25) is 5.15 Å². The highest BCUT2D eigenvalue weighted by Gasteiger charge is 2.18. The van der Waals surface area contributed by atoms with E-state index < -0.39 is 0 Å². The molecule has 90 valence electrons. The van der Waals surface area contributed by atoms with Gasteiger partial charge in [0.2, 0.25) is 0 Å². The molecule has 3 rings (SSSR count). The minimum Gasteiger partial charge on any atom is -0.375 e. The van der Waals surface area contributed by atoms with Gasteiger partial charge in [0.05, 0.1) is 13.2 Å². The number of nitrogens with zero attached hydrogens (tertiary/aromatic N) is 1. The second-order valence-electron chi connectivity index (χ2n) is 4.80. The van der Waals surface area contributed by atoms with E-state index in [2.05, 4.69) is 29.9 Å². The molecule has 1 aliphatic heterocycles. The van der Waals surface area contributed by atoms with Crippen molar-refractivity contribution in [2.75, 3.05) is 6.61 Å². The lowest BCUT2D eigenvalue weighted by molar-refractivity contribution is 0.109. The number of halogens is 1. The van der Waals surface area contributed by atoms with Gasteiger partial charge in [-0.2, -0.15) is 0 Å². The summed E-state index contributed by atoms with van der Waals surface area (Å²) in [6.07, 6.45) is 0.955. The Morgan fingerprint density at radius 3 is 3.06 bits per heavy atom. The molecule has 3 nitrogen and oxygen atoms in total.